The fourth-order valence-corrected chi connectivity index (χ4v) is 2.17. The Morgan fingerprint density at radius 3 is 3.20 bits per heavy atom. The zero-order valence-electron chi connectivity index (χ0n) is 6.51. The predicted molar refractivity (Wildman–Crippen MR) is 43.7 cm³/mol. The summed E-state index contributed by atoms with van der Waals surface area (Å²) < 4.78 is 0. The van der Waals surface area contributed by atoms with Crippen molar-refractivity contribution in [3.05, 3.63) is 23.8 Å². The third-order valence-electron chi connectivity index (χ3n) is 2.79. The Kier molecular flexibility index (Phi) is 1.40. The summed E-state index contributed by atoms with van der Waals surface area (Å²) in [5, 5.41) is 0. The molecular formula is C10H14. The smallest absolute Gasteiger partial charge is 0.0136 e. The number of allylic oxidation sites excluding steroid dienone is 4. The van der Waals surface area contributed by atoms with Crippen molar-refractivity contribution < 1.29 is 0 Å². The summed E-state index contributed by atoms with van der Waals surface area (Å²) in [5.74, 6) is 1.72. The highest BCUT2D eigenvalue weighted by molar-refractivity contribution is 5.22. The Bertz CT molecular complexity index is 186. The molecular weight excluding hydrogens is 120 g/mol. The molecule has 0 radical (unpaired) electrons. The second-order valence-electron chi connectivity index (χ2n) is 3.45. The lowest BCUT2D eigenvalue weighted by atomic mass is 9.83. The molecule has 0 aromatic rings. The second-order valence-corrected chi connectivity index (χ2v) is 3.45. The monoisotopic (exact) mass is 134 g/mol. The van der Waals surface area contributed by atoms with Gasteiger partial charge in [0.15, 0.2) is 0 Å². The van der Waals surface area contributed by atoms with Gasteiger partial charge in [0.1, 0.15) is 0 Å². The summed E-state index contributed by atoms with van der Waals surface area (Å²) in [7, 11) is 0. The van der Waals surface area contributed by atoms with Gasteiger partial charge in [-0.05, 0) is 31.1 Å². The molecule has 0 aromatic carbocycles. The highest BCUT2D eigenvalue weighted by atomic mass is 14.3. The van der Waals surface area contributed by atoms with Crippen LogP contribution in [0.1, 0.15) is 26.2 Å². The molecule has 2 aliphatic carbocycles. The van der Waals surface area contributed by atoms with Crippen LogP contribution in [-0.4, -0.2) is 0 Å². The first kappa shape index (κ1) is 6.21. The van der Waals surface area contributed by atoms with Crippen molar-refractivity contribution in [2.75, 3.05) is 0 Å². The Hall–Kier alpha value is -0.520. The van der Waals surface area contributed by atoms with Crippen molar-refractivity contribution >= 4 is 0 Å². The first-order valence-electron chi connectivity index (χ1n) is 4.23. The number of fused-ring (bicyclic) bond motifs is 1. The minimum Gasteiger partial charge on any atom is -0.0848 e. The van der Waals surface area contributed by atoms with Gasteiger partial charge < -0.3 is 0 Å². The van der Waals surface area contributed by atoms with E-state index in [0.29, 0.717) is 0 Å². The fraction of sp³-hybridized carbons (Fsp3) is 0.600. The van der Waals surface area contributed by atoms with Crippen molar-refractivity contribution in [2.24, 2.45) is 11.8 Å². The first-order chi connectivity index (χ1) is 4.88. The summed E-state index contributed by atoms with van der Waals surface area (Å²) in [6.07, 6.45) is 11.1. The fourth-order valence-electron chi connectivity index (χ4n) is 2.17. The van der Waals surface area contributed by atoms with Crippen LogP contribution in [0, 0.1) is 11.8 Å². The van der Waals surface area contributed by atoms with Gasteiger partial charge in [0.05, 0.1) is 0 Å². The minimum atomic E-state index is 0.808. The predicted octanol–water partition coefficient (Wildman–Crippen LogP) is 2.92. The van der Waals surface area contributed by atoms with Gasteiger partial charge in [-0.2, -0.15) is 0 Å². The summed E-state index contributed by atoms with van der Waals surface area (Å²) in [6, 6.07) is 0. The summed E-state index contributed by atoms with van der Waals surface area (Å²) in [6.45, 7) is 2.33. The van der Waals surface area contributed by atoms with Crippen molar-refractivity contribution in [2.45, 2.75) is 26.2 Å². The molecule has 0 aromatic heterocycles. The second kappa shape index (κ2) is 2.26. The molecule has 0 bridgehead atoms. The van der Waals surface area contributed by atoms with Crippen LogP contribution in [0.3, 0.4) is 0 Å². The molecule has 2 rings (SSSR count). The van der Waals surface area contributed by atoms with E-state index in [1.807, 2.05) is 0 Å². The maximum absolute atomic E-state index is 2.44. The van der Waals surface area contributed by atoms with E-state index in [4.69, 9.17) is 0 Å². The van der Waals surface area contributed by atoms with E-state index >= 15 is 0 Å². The summed E-state index contributed by atoms with van der Waals surface area (Å²) in [5.41, 5.74) is 1.70. The highest BCUT2D eigenvalue weighted by Crippen LogP contribution is 2.37. The van der Waals surface area contributed by atoms with E-state index in [1.54, 1.807) is 5.57 Å². The van der Waals surface area contributed by atoms with Gasteiger partial charge in [0.2, 0.25) is 0 Å². The van der Waals surface area contributed by atoms with Crippen molar-refractivity contribution in [3.8, 4) is 0 Å². The lowest BCUT2D eigenvalue weighted by molar-refractivity contribution is 0.463. The topological polar surface area (TPSA) is 0 Å². The van der Waals surface area contributed by atoms with Crippen molar-refractivity contribution in [3.63, 3.8) is 0 Å². The Morgan fingerprint density at radius 2 is 2.40 bits per heavy atom. The van der Waals surface area contributed by atoms with E-state index in [-0.39, 0.29) is 0 Å². The molecule has 0 heterocycles. The average molecular weight is 134 g/mol. The van der Waals surface area contributed by atoms with E-state index in [9.17, 15) is 0 Å². The van der Waals surface area contributed by atoms with Crippen LogP contribution in [0.4, 0.5) is 0 Å². The number of hydrogen-bond acceptors (Lipinski definition) is 0. The van der Waals surface area contributed by atoms with Crippen LogP contribution in [0.15, 0.2) is 23.8 Å². The standard InChI is InChI=1S/C10H14/c1-8-4-2-5-9-6-3-7-10(8)9/h2,4,6,8,10H,3,5,7H2,1H3. The molecule has 0 spiro atoms. The molecule has 0 heteroatoms. The lowest BCUT2D eigenvalue weighted by Crippen LogP contribution is -2.11. The van der Waals surface area contributed by atoms with Gasteiger partial charge in [0.25, 0.3) is 0 Å². The molecule has 0 aliphatic heterocycles. The highest BCUT2D eigenvalue weighted by Gasteiger charge is 2.24. The van der Waals surface area contributed by atoms with Crippen LogP contribution in [0.5, 0.6) is 0 Å². The van der Waals surface area contributed by atoms with E-state index in [1.165, 1.54) is 19.3 Å². The van der Waals surface area contributed by atoms with Crippen LogP contribution in [0.25, 0.3) is 0 Å². The molecule has 0 N–H and O–H groups in total. The number of rotatable bonds is 0. The zero-order valence-corrected chi connectivity index (χ0v) is 6.51. The largest absolute Gasteiger partial charge is 0.0848 e. The van der Waals surface area contributed by atoms with Gasteiger partial charge >= 0.3 is 0 Å². The Balaban J connectivity index is 2.24. The maximum Gasteiger partial charge on any atom is -0.0136 e. The van der Waals surface area contributed by atoms with Gasteiger partial charge in [-0.3, -0.25) is 0 Å². The maximum atomic E-state index is 2.44. The lowest BCUT2D eigenvalue weighted by Gasteiger charge is -2.22. The molecule has 2 aliphatic rings. The average Bonchev–Trinajstić information content (AvgIpc) is 2.36. The van der Waals surface area contributed by atoms with E-state index < -0.39 is 0 Å². The van der Waals surface area contributed by atoms with Crippen LogP contribution >= 0.6 is 0 Å². The molecule has 2 atom stereocenters. The van der Waals surface area contributed by atoms with Crippen molar-refractivity contribution in [1.82, 2.24) is 0 Å². The molecule has 0 fully saturated rings. The number of hydrogen-bond donors (Lipinski definition) is 0. The summed E-state index contributed by atoms with van der Waals surface area (Å²) >= 11 is 0. The molecule has 0 amide bonds. The molecule has 2 unspecified atom stereocenters. The molecule has 54 valence electrons. The molecule has 0 nitrogen and oxygen atoms in total. The Morgan fingerprint density at radius 1 is 1.50 bits per heavy atom. The van der Waals surface area contributed by atoms with Crippen molar-refractivity contribution in [1.29, 1.82) is 0 Å². The van der Waals surface area contributed by atoms with Gasteiger partial charge in [-0.1, -0.05) is 30.7 Å². The van der Waals surface area contributed by atoms with Crippen LogP contribution in [0.2, 0.25) is 0 Å². The SMILES string of the molecule is CC1C=CCC2=CCCC21. The van der Waals surface area contributed by atoms with Crippen LogP contribution in [-0.2, 0) is 0 Å². The summed E-state index contributed by atoms with van der Waals surface area (Å²) in [4.78, 5) is 0. The Labute approximate surface area is 62.6 Å². The first-order valence-corrected chi connectivity index (χ1v) is 4.23. The minimum absolute atomic E-state index is 0.808. The van der Waals surface area contributed by atoms with Gasteiger partial charge in [-0.15, -0.1) is 0 Å². The molecule has 0 saturated heterocycles. The normalized spacial score (nSPS) is 37.5. The van der Waals surface area contributed by atoms with E-state index in [0.717, 1.165) is 11.8 Å². The van der Waals surface area contributed by atoms with Gasteiger partial charge in [-0.25, -0.2) is 0 Å². The quantitative estimate of drug-likeness (QED) is 0.447. The zero-order chi connectivity index (χ0) is 6.97. The van der Waals surface area contributed by atoms with Crippen LogP contribution < -0.4 is 0 Å². The van der Waals surface area contributed by atoms with E-state index in [2.05, 4.69) is 25.2 Å². The molecule has 10 heavy (non-hydrogen) atoms. The third-order valence-corrected chi connectivity index (χ3v) is 2.79. The van der Waals surface area contributed by atoms with Gasteiger partial charge in [0, 0.05) is 0 Å². The third kappa shape index (κ3) is 0.828. The molecule has 0 saturated carbocycles.